The van der Waals surface area contributed by atoms with Gasteiger partial charge in [-0.2, -0.15) is 0 Å². The largest absolute Gasteiger partial charge is 0.493 e. The molecule has 144 valence electrons. The van der Waals surface area contributed by atoms with Crippen LogP contribution in [0.5, 0.6) is 11.5 Å². The monoisotopic (exact) mass is 391 g/mol. The molecule has 1 heterocycles. The fourth-order valence-corrected chi connectivity index (χ4v) is 3.08. The number of anilines is 1. The van der Waals surface area contributed by atoms with Crippen molar-refractivity contribution in [2.75, 3.05) is 26.1 Å². The lowest BCUT2D eigenvalue weighted by Crippen LogP contribution is -2.14. The number of methoxy groups -OCH3 is 2. The quantitative estimate of drug-likeness (QED) is 0.399. The highest BCUT2D eigenvalue weighted by Crippen LogP contribution is 2.28. The van der Waals surface area contributed by atoms with Crippen LogP contribution < -0.4 is 14.8 Å². The average molecular weight is 391 g/mol. The van der Waals surface area contributed by atoms with Gasteiger partial charge in [0.1, 0.15) is 5.00 Å². The molecule has 0 saturated heterocycles. The van der Waals surface area contributed by atoms with Gasteiger partial charge in [0, 0.05) is 12.0 Å². The van der Waals surface area contributed by atoms with Crippen molar-refractivity contribution >= 4 is 34.0 Å². The maximum absolute atomic E-state index is 12.1. The molecule has 0 aliphatic rings. The zero-order chi connectivity index (χ0) is 19.8. The van der Waals surface area contributed by atoms with Crippen molar-refractivity contribution in [3.05, 3.63) is 40.8 Å². The Hall–Kier alpha value is -2.87. The third-order valence-corrected chi connectivity index (χ3v) is 4.53. The normalized spacial score (nSPS) is 10.2. The molecule has 0 atom stereocenters. The number of rotatable bonds is 9. The first-order chi connectivity index (χ1) is 13.0. The summed E-state index contributed by atoms with van der Waals surface area (Å²) in [6, 6.07) is 6.56. The molecule has 0 spiro atoms. The first kappa shape index (κ1) is 20.4. The summed E-state index contributed by atoms with van der Waals surface area (Å²) in [5.74, 6) is 0.208. The number of ether oxygens (including phenoxy) is 3. The molecule has 0 radical (unpaired) electrons. The number of nitrogens with one attached hydrogen (secondary N) is 1. The van der Waals surface area contributed by atoms with E-state index in [-0.39, 0.29) is 18.1 Å². The highest BCUT2D eigenvalue weighted by molar-refractivity contribution is 7.14. The predicted octanol–water partition coefficient (Wildman–Crippen LogP) is 3.54. The van der Waals surface area contributed by atoms with Gasteiger partial charge in [-0.25, -0.2) is 4.79 Å². The first-order valence-corrected chi connectivity index (χ1v) is 9.11. The molecule has 8 heteroatoms. The third-order valence-electron chi connectivity index (χ3n) is 3.70. The number of hydrogen-bond acceptors (Lipinski definition) is 7. The van der Waals surface area contributed by atoms with E-state index in [4.69, 9.17) is 9.47 Å². The van der Waals surface area contributed by atoms with Crippen LogP contribution in [0, 0.1) is 0 Å². The van der Waals surface area contributed by atoms with Crippen LogP contribution in [-0.2, 0) is 9.53 Å². The van der Waals surface area contributed by atoms with Crippen molar-refractivity contribution in [1.82, 2.24) is 0 Å². The van der Waals surface area contributed by atoms with E-state index in [0.29, 0.717) is 40.7 Å². The molecule has 0 aliphatic carbocycles. The number of esters is 1. The van der Waals surface area contributed by atoms with Gasteiger partial charge < -0.3 is 19.5 Å². The summed E-state index contributed by atoms with van der Waals surface area (Å²) in [7, 11) is 2.79. The first-order valence-electron chi connectivity index (χ1n) is 8.23. The lowest BCUT2D eigenvalue weighted by molar-refractivity contribution is -0.116. The van der Waals surface area contributed by atoms with Gasteiger partial charge in [-0.15, -0.1) is 11.3 Å². The van der Waals surface area contributed by atoms with Crippen molar-refractivity contribution in [3.63, 3.8) is 0 Å². The Morgan fingerprint density at radius 3 is 2.56 bits per heavy atom. The van der Waals surface area contributed by atoms with E-state index in [2.05, 4.69) is 10.1 Å². The van der Waals surface area contributed by atoms with Gasteiger partial charge >= 0.3 is 5.97 Å². The molecule has 0 aliphatic heterocycles. The molecular weight excluding hydrogens is 370 g/mol. The second-order valence-corrected chi connectivity index (χ2v) is 6.49. The van der Waals surface area contributed by atoms with Crippen LogP contribution in [0.25, 0.3) is 0 Å². The van der Waals surface area contributed by atoms with Crippen molar-refractivity contribution in [3.8, 4) is 11.5 Å². The van der Waals surface area contributed by atoms with Crippen molar-refractivity contribution < 1.29 is 28.6 Å². The molecule has 27 heavy (non-hydrogen) atoms. The number of carbonyl (C=O) groups excluding carboxylic acids is 3. The van der Waals surface area contributed by atoms with Gasteiger partial charge in [-0.3, -0.25) is 9.59 Å². The molecular formula is C19H21NO6S. The number of hydrogen-bond donors (Lipinski definition) is 1. The zero-order valence-electron chi connectivity index (χ0n) is 15.4. The molecule has 1 N–H and O–H groups in total. The van der Waals surface area contributed by atoms with E-state index in [1.807, 2.05) is 0 Å². The lowest BCUT2D eigenvalue weighted by Gasteiger charge is -2.11. The second kappa shape index (κ2) is 9.72. The van der Waals surface area contributed by atoms with E-state index in [1.54, 1.807) is 29.6 Å². The van der Waals surface area contributed by atoms with Gasteiger partial charge in [0.25, 0.3) is 0 Å². The number of carbonyl (C=O) groups is 3. The molecule has 0 unspecified atom stereocenters. The number of Topliss-reactive ketones (excluding diaryl/α,β-unsaturated/α-hetero) is 1. The van der Waals surface area contributed by atoms with E-state index in [1.165, 1.54) is 32.5 Å². The number of ketones is 1. The molecule has 7 nitrogen and oxygen atoms in total. The van der Waals surface area contributed by atoms with Crippen LogP contribution in [0.1, 0.15) is 40.5 Å². The highest BCUT2D eigenvalue weighted by Gasteiger charge is 2.15. The van der Waals surface area contributed by atoms with Gasteiger partial charge in [0.05, 0.1) is 26.4 Å². The minimum atomic E-state index is -0.490. The number of benzene rings is 1. The van der Waals surface area contributed by atoms with Gasteiger partial charge in [-0.1, -0.05) is 0 Å². The highest BCUT2D eigenvalue weighted by atomic mass is 32.1. The smallest absolute Gasteiger partial charge is 0.340 e. The Morgan fingerprint density at radius 1 is 1.11 bits per heavy atom. The van der Waals surface area contributed by atoms with Crippen molar-refractivity contribution in [2.45, 2.75) is 19.8 Å². The molecule has 2 aromatic rings. The maximum Gasteiger partial charge on any atom is 0.340 e. The Labute approximate surface area is 161 Å². The molecule has 1 amide bonds. The summed E-state index contributed by atoms with van der Waals surface area (Å²) >= 11 is 1.26. The van der Waals surface area contributed by atoms with Gasteiger partial charge in [0.15, 0.2) is 17.3 Å². The Bertz CT molecular complexity index is 829. The van der Waals surface area contributed by atoms with E-state index in [9.17, 15) is 14.4 Å². The third kappa shape index (κ3) is 5.55. The van der Waals surface area contributed by atoms with Crippen LogP contribution in [0.3, 0.4) is 0 Å². The Morgan fingerprint density at radius 2 is 1.89 bits per heavy atom. The Balaban J connectivity index is 1.83. The predicted molar refractivity (Wildman–Crippen MR) is 102 cm³/mol. The summed E-state index contributed by atoms with van der Waals surface area (Å²) in [6.45, 7) is 1.78. The summed E-state index contributed by atoms with van der Waals surface area (Å²) in [4.78, 5) is 35.1. The molecule has 1 aromatic heterocycles. The van der Waals surface area contributed by atoms with E-state index >= 15 is 0 Å². The molecule has 0 saturated carbocycles. The van der Waals surface area contributed by atoms with Crippen LogP contribution in [-0.4, -0.2) is 38.5 Å². The molecule has 1 aromatic carbocycles. The second-order valence-electron chi connectivity index (χ2n) is 5.58. The average Bonchev–Trinajstić information content (AvgIpc) is 3.12. The minimum Gasteiger partial charge on any atom is -0.493 e. The summed E-state index contributed by atoms with van der Waals surface area (Å²) in [5, 5.41) is 4.89. The van der Waals surface area contributed by atoms with Crippen LogP contribution in [0.4, 0.5) is 5.00 Å². The van der Waals surface area contributed by atoms with Crippen molar-refractivity contribution in [2.24, 2.45) is 0 Å². The fourth-order valence-electron chi connectivity index (χ4n) is 2.29. The number of thiophene rings is 1. The van der Waals surface area contributed by atoms with Crippen LogP contribution in [0.2, 0.25) is 0 Å². The van der Waals surface area contributed by atoms with E-state index in [0.717, 1.165) is 0 Å². The number of amides is 1. The standard InChI is InChI=1S/C19H21NO6S/c1-12(21)13-6-7-15(16(11-13)24-2)26-9-4-5-17(22)20-18-14(8-10-27-18)19(23)25-3/h6-8,10-11H,4-5,9H2,1-3H3,(H,20,22). The zero-order valence-corrected chi connectivity index (χ0v) is 16.2. The van der Waals surface area contributed by atoms with Gasteiger partial charge in [0.2, 0.25) is 5.91 Å². The molecule has 0 bridgehead atoms. The summed E-state index contributed by atoms with van der Waals surface area (Å²) < 4.78 is 15.5. The topological polar surface area (TPSA) is 90.9 Å². The van der Waals surface area contributed by atoms with Crippen LogP contribution >= 0.6 is 11.3 Å². The minimum absolute atomic E-state index is 0.0589. The Kier molecular flexibility index (Phi) is 7.36. The fraction of sp³-hybridized carbons (Fsp3) is 0.316. The lowest BCUT2D eigenvalue weighted by atomic mass is 10.1. The molecule has 2 rings (SSSR count). The molecule has 0 fully saturated rings. The maximum atomic E-state index is 12.1. The van der Waals surface area contributed by atoms with Crippen molar-refractivity contribution in [1.29, 1.82) is 0 Å². The summed E-state index contributed by atoms with van der Waals surface area (Å²) in [5.41, 5.74) is 0.873. The van der Waals surface area contributed by atoms with Crippen LogP contribution in [0.15, 0.2) is 29.6 Å². The van der Waals surface area contributed by atoms with Gasteiger partial charge in [-0.05, 0) is 43.0 Å². The SMILES string of the molecule is COC(=O)c1ccsc1NC(=O)CCCOc1ccc(C(C)=O)cc1OC. The van der Waals surface area contributed by atoms with E-state index < -0.39 is 5.97 Å². The summed E-state index contributed by atoms with van der Waals surface area (Å²) in [6.07, 6.45) is 0.703.